The molecule has 0 radical (unpaired) electrons. The monoisotopic (exact) mass is 199 g/mol. The lowest BCUT2D eigenvalue weighted by Gasteiger charge is -2.30. The van der Waals surface area contributed by atoms with Crippen LogP contribution in [0.3, 0.4) is 0 Å². The molecule has 2 nitrogen and oxygen atoms in total. The fourth-order valence-electron chi connectivity index (χ4n) is 2.36. The summed E-state index contributed by atoms with van der Waals surface area (Å²) in [6.07, 6.45) is 6.27. The predicted octanol–water partition coefficient (Wildman–Crippen LogP) is 2.31. The molecule has 0 amide bonds. The van der Waals surface area contributed by atoms with Crippen LogP contribution in [-0.4, -0.2) is 23.3 Å². The molecule has 0 heterocycles. The van der Waals surface area contributed by atoms with Gasteiger partial charge in [-0.1, -0.05) is 19.3 Å². The molecule has 0 saturated heterocycles. The van der Waals surface area contributed by atoms with E-state index >= 15 is 0 Å². The van der Waals surface area contributed by atoms with Crippen LogP contribution >= 0.6 is 0 Å². The van der Waals surface area contributed by atoms with Crippen LogP contribution in [0.4, 0.5) is 0 Å². The van der Waals surface area contributed by atoms with Gasteiger partial charge in [0.15, 0.2) is 0 Å². The quantitative estimate of drug-likeness (QED) is 0.688. The standard InChI is InChI=1S/C12H25NO/c1-9(7-11(3)14)13-10(2)8-12-5-4-6-12/h9-14H,4-8H2,1-3H3. The molecule has 0 spiro atoms. The maximum Gasteiger partial charge on any atom is 0.0526 e. The van der Waals surface area contributed by atoms with Gasteiger partial charge in [-0.3, -0.25) is 0 Å². The van der Waals surface area contributed by atoms with Crippen molar-refractivity contribution in [3.8, 4) is 0 Å². The summed E-state index contributed by atoms with van der Waals surface area (Å²) in [5.41, 5.74) is 0. The maximum absolute atomic E-state index is 9.23. The highest BCUT2D eigenvalue weighted by molar-refractivity contribution is 4.77. The van der Waals surface area contributed by atoms with Crippen LogP contribution in [0.25, 0.3) is 0 Å². The first-order chi connectivity index (χ1) is 6.58. The van der Waals surface area contributed by atoms with Gasteiger partial charge in [0.1, 0.15) is 0 Å². The summed E-state index contributed by atoms with van der Waals surface area (Å²) in [7, 11) is 0. The van der Waals surface area contributed by atoms with Crippen LogP contribution in [0.5, 0.6) is 0 Å². The van der Waals surface area contributed by atoms with E-state index in [2.05, 4.69) is 19.2 Å². The molecule has 0 aliphatic heterocycles. The lowest BCUT2D eigenvalue weighted by molar-refractivity contribution is 0.165. The highest BCUT2D eigenvalue weighted by Gasteiger charge is 2.20. The Morgan fingerprint density at radius 1 is 1.21 bits per heavy atom. The SMILES string of the molecule is CC(O)CC(C)NC(C)CC1CCC1. The zero-order valence-corrected chi connectivity index (χ0v) is 9.79. The lowest BCUT2D eigenvalue weighted by Crippen LogP contribution is -2.38. The van der Waals surface area contributed by atoms with Gasteiger partial charge in [-0.15, -0.1) is 0 Å². The summed E-state index contributed by atoms with van der Waals surface area (Å²) >= 11 is 0. The van der Waals surface area contributed by atoms with E-state index < -0.39 is 0 Å². The Labute approximate surface area is 88.1 Å². The van der Waals surface area contributed by atoms with E-state index in [9.17, 15) is 5.11 Å². The molecule has 3 unspecified atom stereocenters. The molecule has 1 aliphatic carbocycles. The largest absolute Gasteiger partial charge is 0.393 e. The molecule has 0 aromatic heterocycles. The molecule has 0 aromatic carbocycles. The van der Waals surface area contributed by atoms with Crippen molar-refractivity contribution in [1.29, 1.82) is 0 Å². The van der Waals surface area contributed by atoms with Crippen LogP contribution in [0.2, 0.25) is 0 Å². The van der Waals surface area contributed by atoms with Crippen LogP contribution in [0, 0.1) is 5.92 Å². The first kappa shape index (κ1) is 12.0. The molecule has 0 bridgehead atoms. The molecular weight excluding hydrogens is 174 g/mol. The molecule has 1 aliphatic rings. The third-order valence-corrected chi connectivity index (χ3v) is 3.18. The van der Waals surface area contributed by atoms with Gasteiger partial charge < -0.3 is 10.4 Å². The molecule has 0 aromatic rings. The Balaban J connectivity index is 2.08. The number of aliphatic hydroxyl groups is 1. The minimum absolute atomic E-state index is 0.187. The number of rotatable bonds is 6. The smallest absolute Gasteiger partial charge is 0.0526 e. The average Bonchev–Trinajstić information content (AvgIpc) is 1.94. The van der Waals surface area contributed by atoms with Crippen LogP contribution in [-0.2, 0) is 0 Å². The van der Waals surface area contributed by atoms with Crippen LogP contribution in [0.15, 0.2) is 0 Å². The van der Waals surface area contributed by atoms with Gasteiger partial charge in [-0.05, 0) is 39.5 Å². The molecule has 1 fully saturated rings. The molecule has 84 valence electrons. The highest BCUT2D eigenvalue weighted by Crippen LogP contribution is 2.30. The molecule has 3 atom stereocenters. The Hall–Kier alpha value is -0.0800. The summed E-state index contributed by atoms with van der Waals surface area (Å²) in [6.45, 7) is 6.27. The summed E-state index contributed by atoms with van der Waals surface area (Å²) in [5.74, 6) is 0.969. The molecule has 2 N–H and O–H groups in total. The summed E-state index contributed by atoms with van der Waals surface area (Å²) in [6, 6.07) is 1.04. The number of nitrogens with one attached hydrogen (secondary N) is 1. The summed E-state index contributed by atoms with van der Waals surface area (Å²) in [5, 5.41) is 12.8. The van der Waals surface area contributed by atoms with Crippen molar-refractivity contribution >= 4 is 0 Å². The van der Waals surface area contributed by atoms with E-state index in [-0.39, 0.29) is 6.10 Å². The first-order valence-corrected chi connectivity index (χ1v) is 6.02. The molecule has 2 heteroatoms. The average molecular weight is 199 g/mol. The molecule has 14 heavy (non-hydrogen) atoms. The van der Waals surface area contributed by atoms with Gasteiger partial charge in [0, 0.05) is 12.1 Å². The predicted molar refractivity (Wildman–Crippen MR) is 60.3 cm³/mol. The van der Waals surface area contributed by atoms with Crippen molar-refractivity contribution < 1.29 is 5.11 Å². The van der Waals surface area contributed by atoms with Crippen molar-refractivity contribution in [2.24, 2.45) is 5.92 Å². The van der Waals surface area contributed by atoms with E-state index in [1.165, 1.54) is 25.7 Å². The Morgan fingerprint density at radius 3 is 2.29 bits per heavy atom. The molecule has 1 rings (SSSR count). The van der Waals surface area contributed by atoms with Crippen molar-refractivity contribution in [1.82, 2.24) is 5.32 Å². The van der Waals surface area contributed by atoms with Crippen LogP contribution < -0.4 is 5.32 Å². The third kappa shape index (κ3) is 4.43. The molecule has 1 saturated carbocycles. The number of hydrogen-bond donors (Lipinski definition) is 2. The van der Waals surface area contributed by atoms with Gasteiger partial charge in [-0.25, -0.2) is 0 Å². The van der Waals surface area contributed by atoms with E-state index in [0.717, 1.165) is 12.3 Å². The van der Waals surface area contributed by atoms with Gasteiger partial charge >= 0.3 is 0 Å². The van der Waals surface area contributed by atoms with E-state index in [0.29, 0.717) is 12.1 Å². The van der Waals surface area contributed by atoms with Crippen LogP contribution in [0.1, 0.15) is 52.9 Å². The minimum Gasteiger partial charge on any atom is -0.393 e. The Bertz CT molecular complexity index is 154. The lowest BCUT2D eigenvalue weighted by atomic mass is 9.81. The van der Waals surface area contributed by atoms with Gasteiger partial charge in [0.05, 0.1) is 6.10 Å². The molecular formula is C12H25NO. The first-order valence-electron chi connectivity index (χ1n) is 6.02. The second-order valence-electron chi connectivity index (χ2n) is 5.09. The Kier molecular flexibility index (Phi) is 4.90. The number of hydrogen-bond acceptors (Lipinski definition) is 2. The second-order valence-corrected chi connectivity index (χ2v) is 5.09. The van der Waals surface area contributed by atoms with Gasteiger partial charge in [-0.2, -0.15) is 0 Å². The number of aliphatic hydroxyl groups excluding tert-OH is 1. The summed E-state index contributed by atoms with van der Waals surface area (Å²) in [4.78, 5) is 0. The second kappa shape index (κ2) is 5.72. The van der Waals surface area contributed by atoms with Gasteiger partial charge in [0.2, 0.25) is 0 Å². The fraction of sp³-hybridized carbons (Fsp3) is 1.00. The van der Waals surface area contributed by atoms with E-state index in [1.807, 2.05) is 6.92 Å². The zero-order chi connectivity index (χ0) is 10.6. The fourth-order valence-corrected chi connectivity index (χ4v) is 2.36. The van der Waals surface area contributed by atoms with Crippen molar-refractivity contribution in [2.45, 2.75) is 71.1 Å². The topological polar surface area (TPSA) is 32.3 Å². The van der Waals surface area contributed by atoms with Gasteiger partial charge in [0.25, 0.3) is 0 Å². The normalized spacial score (nSPS) is 24.0. The van der Waals surface area contributed by atoms with Crippen molar-refractivity contribution in [3.05, 3.63) is 0 Å². The maximum atomic E-state index is 9.23. The Morgan fingerprint density at radius 2 is 1.86 bits per heavy atom. The van der Waals surface area contributed by atoms with E-state index in [4.69, 9.17) is 0 Å². The summed E-state index contributed by atoms with van der Waals surface area (Å²) < 4.78 is 0. The van der Waals surface area contributed by atoms with E-state index in [1.54, 1.807) is 0 Å². The van der Waals surface area contributed by atoms with Crippen molar-refractivity contribution in [2.75, 3.05) is 0 Å². The minimum atomic E-state index is -0.187. The third-order valence-electron chi connectivity index (χ3n) is 3.18. The van der Waals surface area contributed by atoms with Crippen molar-refractivity contribution in [3.63, 3.8) is 0 Å². The zero-order valence-electron chi connectivity index (χ0n) is 9.79. The highest BCUT2D eigenvalue weighted by atomic mass is 16.3.